The predicted octanol–water partition coefficient (Wildman–Crippen LogP) is 7.04. The van der Waals surface area contributed by atoms with Crippen molar-refractivity contribution < 1.29 is 19.4 Å². The summed E-state index contributed by atoms with van der Waals surface area (Å²) in [6.07, 6.45) is 4.66. The Hall–Kier alpha value is -4.12. The zero-order chi connectivity index (χ0) is 26.5. The van der Waals surface area contributed by atoms with E-state index in [1.807, 2.05) is 19.1 Å². The fourth-order valence-electron chi connectivity index (χ4n) is 4.63. The van der Waals surface area contributed by atoms with E-state index in [2.05, 4.69) is 68.5 Å². The van der Waals surface area contributed by atoms with Crippen LogP contribution in [0.5, 0.6) is 11.5 Å². The minimum atomic E-state index is -0.533. The average Bonchev–Trinajstić information content (AvgIpc) is 2.90. The van der Waals surface area contributed by atoms with Crippen molar-refractivity contribution in [1.82, 2.24) is 4.98 Å². The van der Waals surface area contributed by atoms with E-state index in [-0.39, 0.29) is 24.0 Å². The largest absolute Gasteiger partial charge is 0.504 e. The van der Waals surface area contributed by atoms with Crippen molar-refractivity contribution in [3.05, 3.63) is 112 Å². The first-order chi connectivity index (χ1) is 17.9. The number of aryl methyl sites for hydroxylation is 2. The van der Waals surface area contributed by atoms with E-state index < -0.39 is 5.97 Å². The highest BCUT2D eigenvalue weighted by atomic mass is 16.5. The molecule has 4 rings (SSSR count). The molecule has 1 heterocycles. The zero-order valence-electron chi connectivity index (χ0n) is 22.0. The van der Waals surface area contributed by atoms with E-state index in [0.717, 1.165) is 33.2 Å². The Morgan fingerprint density at radius 1 is 1.00 bits per heavy atom. The molecule has 5 nitrogen and oxygen atoms in total. The maximum absolute atomic E-state index is 12.9. The number of esters is 1. The number of carbonyl (C=O) groups excluding carboxylic acids is 1. The van der Waals surface area contributed by atoms with Crippen LogP contribution in [0.3, 0.4) is 0 Å². The Kier molecular flexibility index (Phi) is 7.92. The third-order valence-electron chi connectivity index (χ3n) is 6.54. The molecule has 0 aliphatic heterocycles. The van der Waals surface area contributed by atoms with E-state index >= 15 is 0 Å². The van der Waals surface area contributed by atoms with Crippen LogP contribution in [-0.4, -0.2) is 29.8 Å². The van der Waals surface area contributed by atoms with Crippen LogP contribution in [0.4, 0.5) is 0 Å². The van der Waals surface area contributed by atoms with Crippen LogP contribution in [0.1, 0.15) is 63.8 Å². The monoisotopic (exact) mass is 495 g/mol. The molecule has 0 amide bonds. The van der Waals surface area contributed by atoms with E-state index in [1.54, 1.807) is 13.0 Å². The van der Waals surface area contributed by atoms with Crippen molar-refractivity contribution >= 4 is 16.7 Å². The number of methoxy groups -OCH3 is 1. The Labute approximate surface area is 218 Å². The molecule has 1 N–H and O–H groups in total. The van der Waals surface area contributed by atoms with Gasteiger partial charge >= 0.3 is 5.97 Å². The number of fused-ring (bicyclic) bond motifs is 1. The SMILES string of the molecule is C/C=C/Cc1cc(OC)c(O)c2cc(C(=O)OCC)nc(C(c3ccc(C)cc3)c3ccc(C)cc3)c12. The lowest BCUT2D eigenvalue weighted by atomic mass is 9.83. The minimum absolute atomic E-state index is 0.0255. The molecule has 0 saturated heterocycles. The molecular weight excluding hydrogens is 462 g/mol. The highest BCUT2D eigenvalue weighted by Crippen LogP contribution is 2.43. The number of phenolic OH excluding ortho intramolecular Hbond substituents is 1. The highest BCUT2D eigenvalue weighted by molar-refractivity contribution is 6.00. The van der Waals surface area contributed by atoms with Crippen molar-refractivity contribution in [3.8, 4) is 11.5 Å². The number of hydrogen-bond acceptors (Lipinski definition) is 5. The first-order valence-electron chi connectivity index (χ1n) is 12.5. The summed E-state index contributed by atoms with van der Waals surface area (Å²) >= 11 is 0. The molecule has 0 bridgehead atoms. The predicted molar refractivity (Wildman–Crippen MR) is 148 cm³/mol. The number of carbonyl (C=O) groups is 1. The van der Waals surface area contributed by atoms with Crippen molar-refractivity contribution in [2.75, 3.05) is 13.7 Å². The molecule has 3 aromatic carbocycles. The molecule has 0 fully saturated rings. The van der Waals surface area contributed by atoms with Gasteiger partial charge < -0.3 is 14.6 Å². The van der Waals surface area contributed by atoms with Crippen LogP contribution in [0, 0.1) is 13.8 Å². The van der Waals surface area contributed by atoms with Crippen LogP contribution in [0.25, 0.3) is 10.8 Å². The number of phenols is 1. The molecule has 0 saturated carbocycles. The van der Waals surface area contributed by atoms with Crippen LogP contribution >= 0.6 is 0 Å². The van der Waals surface area contributed by atoms with Gasteiger partial charge in [0.15, 0.2) is 11.5 Å². The third-order valence-corrected chi connectivity index (χ3v) is 6.54. The van der Waals surface area contributed by atoms with Gasteiger partial charge in [-0.1, -0.05) is 71.8 Å². The number of aromatic nitrogens is 1. The smallest absolute Gasteiger partial charge is 0.356 e. The van der Waals surface area contributed by atoms with Gasteiger partial charge in [-0.15, -0.1) is 0 Å². The second kappa shape index (κ2) is 11.3. The maximum Gasteiger partial charge on any atom is 0.356 e. The Morgan fingerprint density at radius 3 is 2.11 bits per heavy atom. The van der Waals surface area contributed by atoms with Crippen LogP contribution in [-0.2, 0) is 11.2 Å². The fourth-order valence-corrected chi connectivity index (χ4v) is 4.63. The fraction of sp³-hybridized carbons (Fsp3) is 0.250. The molecule has 4 aromatic rings. The van der Waals surface area contributed by atoms with Crippen LogP contribution in [0.2, 0.25) is 0 Å². The molecule has 1 aromatic heterocycles. The summed E-state index contributed by atoms with van der Waals surface area (Å²) in [4.78, 5) is 17.9. The lowest BCUT2D eigenvalue weighted by molar-refractivity contribution is 0.0519. The summed E-state index contributed by atoms with van der Waals surface area (Å²) in [6, 6.07) is 20.2. The lowest BCUT2D eigenvalue weighted by Crippen LogP contribution is -2.13. The molecule has 0 aliphatic rings. The second-order valence-electron chi connectivity index (χ2n) is 9.15. The summed E-state index contributed by atoms with van der Waals surface area (Å²) in [6.45, 7) is 8.07. The minimum Gasteiger partial charge on any atom is -0.504 e. The number of hydrogen-bond donors (Lipinski definition) is 1. The van der Waals surface area contributed by atoms with E-state index in [0.29, 0.717) is 23.3 Å². The molecule has 0 spiro atoms. The molecule has 0 aliphatic carbocycles. The Balaban J connectivity index is 2.14. The van der Waals surface area contributed by atoms with Crippen LogP contribution in [0.15, 0.2) is 72.8 Å². The topological polar surface area (TPSA) is 68.7 Å². The normalized spacial score (nSPS) is 11.4. The number of benzene rings is 3. The van der Waals surface area contributed by atoms with Gasteiger partial charge in [0.2, 0.25) is 0 Å². The standard InChI is InChI=1S/C32H33NO4/c1-6-8-9-24-18-27(36-5)31(34)25-19-26(32(35)37-7-2)33-30(29(24)25)28(22-14-10-20(3)11-15-22)23-16-12-21(4)13-17-23/h6,8,10-19,28,34H,7,9H2,1-5H3/b8-6+. The number of nitrogens with zero attached hydrogens (tertiary/aromatic N) is 1. The van der Waals surface area contributed by atoms with Gasteiger partial charge in [0, 0.05) is 10.8 Å². The number of allylic oxidation sites excluding steroid dienone is 2. The Bertz CT molecular complexity index is 1390. The first-order valence-corrected chi connectivity index (χ1v) is 12.5. The van der Waals surface area contributed by atoms with Gasteiger partial charge in [-0.3, -0.25) is 0 Å². The average molecular weight is 496 g/mol. The number of ether oxygens (including phenoxy) is 2. The molecule has 0 atom stereocenters. The van der Waals surface area contributed by atoms with Crippen molar-refractivity contribution in [3.63, 3.8) is 0 Å². The maximum atomic E-state index is 12.9. The van der Waals surface area contributed by atoms with Gasteiger partial charge in [0.1, 0.15) is 5.69 Å². The summed E-state index contributed by atoms with van der Waals surface area (Å²) in [5.41, 5.74) is 6.17. The van der Waals surface area contributed by atoms with Gasteiger partial charge in [-0.25, -0.2) is 9.78 Å². The molecule has 190 valence electrons. The summed E-state index contributed by atoms with van der Waals surface area (Å²) in [7, 11) is 1.52. The van der Waals surface area contributed by atoms with E-state index in [9.17, 15) is 9.90 Å². The van der Waals surface area contributed by atoms with Gasteiger partial charge in [0.05, 0.1) is 25.3 Å². The van der Waals surface area contributed by atoms with Gasteiger partial charge in [-0.05, 0) is 62.9 Å². The molecular formula is C32H33NO4. The quantitative estimate of drug-likeness (QED) is 0.210. The number of aromatic hydroxyl groups is 1. The summed E-state index contributed by atoms with van der Waals surface area (Å²) in [5.74, 6) is -0.492. The first kappa shape index (κ1) is 26.0. The lowest BCUT2D eigenvalue weighted by Gasteiger charge is -2.23. The van der Waals surface area contributed by atoms with Crippen molar-refractivity contribution in [1.29, 1.82) is 0 Å². The summed E-state index contributed by atoms with van der Waals surface area (Å²) < 4.78 is 10.8. The molecule has 0 radical (unpaired) electrons. The zero-order valence-corrected chi connectivity index (χ0v) is 22.0. The van der Waals surface area contributed by atoms with E-state index in [4.69, 9.17) is 14.5 Å². The molecule has 37 heavy (non-hydrogen) atoms. The molecule has 0 unspecified atom stereocenters. The van der Waals surface area contributed by atoms with Gasteiger partial charge in [0.25, 0.3) is 0 Å². The Morgan fingerprint density at radius 2 is 1.59 bits per heavy atom. The number of pyridine rings is 1. The van der Waals surface area contributed by atoms with Crippen molar-refractivity contribution in [2.45, 2.75) is 40.0 Å². The third kappa shape index (κ3) is 5.36. The summed E-state index contributed by atoms with van der Waals surface area (Å²) in [5, 5.41) is 12.5. The highest BCUT2D eigenvalue weighted by Gasteiger charge is 2.27. The van der Waals surface area contributed by atoms with E-state index in [1.165, 1.54) is 7.11 Å². The van der Waals surface area contributed by atoms with Crippen molar-refractivity contribution in [2.24, 2.45) is 0 Å². The second-order valence-corrected chi connectivity index (χ2v) is 9.15. The molecule has 5 heteroatoms. The number of rotatable bonds is 8. The van der Waals surface area contributed by atoms with Gasteiger partial charge in [-0.2, -0.15) is 0 Å². The van der Waals surface area contributed by atoms with Crippen LogP contribution < -0.4 is 4.74 Å².